The number of carbonyl (C=O) groups is 1. The molecule has 9 nitrogen and oxygen atoms in total. The van der Waals surface area contributed by atoms with Crippen LogP contribution in [0.3, 0.4) is 0 Å². The van der Waals surface area contributed by atoms with E-state index in [1.165, 1.54) is 24.4 Å². The first-order chi connectivity index (χ1) is 14.5. The van der Waals surface area contributed by atoms with E-state index in [0.717, 1.165) is 37.6 Å². The van der Waals surface area contributed by atoms with Crippen molar-refractivity contribution in [3.8, 4) is 6.07 Å². The summed E-state index contributed by atoms with van der Waals surface area (Å²) < 4.78 is 0. The first-order valence-electron chi connectivity index (χ1n) is 9.43. The monoisotopic (exact) mass is 406 g/mol. The number of nitro benzene ring substituents is 1. The Morgan fingerprint density at radius 2 is 1.80 bits per heavy atom. The summed E-state index contributed by atoms with van der Waals surface area (Å²) >= 11 is 0. The minimum atomic E-state index is -0.728. The molecule has 1 fully saturated rings. The molecule has 0 unspecified atom stereocenters. The van der Waals surface area contributed by atoms with E-state index in [1.54, 1.807) is 6.07 Å². The van der Waals surface area contributed by atoms with Crippen LogP contribution in [0, 0.1) is 21.4 Å². The van der Waals surface area contributed by atoms with Gasteiger partial charge in [-0.25, -0.2) is 0 Å². The van der Waals surface area contributed by atoms with Crippen LogP contribution in [-0.2, 0) is 4.79 Å². The largest absolute Gasteiger partial charge is 0.369 e. The fraction of sp³-hybridized carbons (Fsp3) is 0.238. The lowest BCUT2D eigenvalue weighted by Crippen LogP contribution is -2.44. The number of amides is 1. The van der Waals surface area contributed by atoms with E-state index in [2.05, 4.69) is 27.5 Å². The number of rotatable bonds is 6. The Hall–Kier alpha value is -3.90. The van der Waals surface area contributed by atoms with Gasteiger partial charge in [-0.05, 0) is 37.4 Å². The molecule has 0 atom stereocenters. The summed E-state index contributed by atoms with van der Waals surface area (Å²) in [7, 11) is 2.11. The van der Waals surface area contributed by atoms with Gasteiger partial charge in [0.2, 0.25) is 0 Å². The number of piperazine rings is 1. The summed E-state index contributed by atoms with van der Waals surface area (Å²) in [6.45, 7) is 3.97. The Morgan fingerprint density at radius 3 is 2.43 bits per heavy atom. The standard InChI is InChI=1S/C21H22N6O3/c1-25-10-12-26(13-11-25)18-8-6-17(7-9-18)23-15-16(14-22)21(28)24-19-4-2-3-5-20(19)27(29)30/h2-9,15,23H,10-13H2,1H3,(H,24,28)/b16-15-. The lowest BCUT2D eigenvalue weighted by Gasteiger charge is -2.34. The number of nitrogens with zero attached hydrogens (tertiary/aromatic N) is 4. The molecule has 2 aromatic rings. The van der Waals surface area contributed by atoms with Gasteiger partial charge in [0, 0.05) is 49.8 Å². The van der Waals surface area contributed by atoms with Crippen molar-refractivity contribution in [3.05, 3.63) is 70.4 Å². The van der Waals surface area contributed by atoms with Crippen LogP contribution in [0.1, 0.15) is 0 Å². The van der Waals surface area contributed by atoms with Crippen LogP contribution in [0.25, 0.3) is 0 Å². The van der Waals surface area contributed by atoms with E-state index in [0.29, 0.717) is 0 Å². The lowest BCUT2D eigenvalue weighted by molar-refractivity contribution is -0.383. The molecule has 0 aromatic heterocycles. The summed E-state index contributed by atoms with van der Waals surface area (Å²) in [6, 6.07) is 15.3. The second-order valence-electron chi connectivity index (χ2n) is 6.88. The molecule has 0 spiro atoms. The molecule has 1 amide bonds. The second kappa shape index (κ2) is 9.54. The molecule has 1 heterocycles. The Balaban J connectivity index is 1.65. The number of carbonyl (C=O) groups excluding carboxylic acids is 1. The normalized spacial score (nSPS) is 14.7. The van der Waals surface area contributed by atoms with Crippen LogP contribution in [0.15, 0.2) is 60.3 Å². The van der Waals surface area contributed by atoms with Crippen LogP contribution < -0.4 is 15.5 Å². The Bertz CT molecular complexity index is 989. The predicted octanol–water partition coefficient (Wildman–Crippen LogP) is 2.80. The zero-order valence-corrected chi connectivity index (χ0v) is 16.5. The van der Waals surface area contributed by atoms with E-state index in [9.17, 15) is 20.2 Å². The zero-order valence-electron chi connectivity index (χ0n) is 16.5. The molecule has 3 rings (SSSR count). The van der Waals surface area contributed by atoms with Gasteiger partial charge in [0.25, 0.3) is 11.6 Å². The minimum absolute atomic E-state index is 0.0326. The van der Waals surface area contributed by atoms with Crippen molar-refractivity contribution in [1.82, 2.24) is 4.90 Å². The van der Waals surface area contributed by atoms with Crippen LogP contribution >= 0.6 is 0 Å². The molecule has 2 aromatic carbocycles. The minimum Gasteiger partial charge on any atom is -0.369 e. The van der Waals surface area contributed by atoms with Crippen LogP contribution in [0.2, 0.25) is 0 Å². The molecule has 2 N–H and O–H groups in total. The number of hydrogen-bond donors (Lipinski definition) is 2. The molecule has 0 saturated carbocycles. The van der Waals surface area contributed by atoms with Gasteiger partial charge in [-0.3, -0.25) is 14.9 Å². The number of hydrogen-bond acceptors (Lipinski definition) is 7. The Morgan fingerprint density at radius 1 is 1.13 bits per heavy atom. The van der Waals surface area contributed by atoms with Gasteiger partial charge in [0.1, 0.15) is 17.3 Å². The maximum Gasteiger partial charge on any atom is 0.292 e. The molecule has 154 valence electrons. The number of nitrogens with one attached hydrogen (secondary N) is 2. The molecule has 0 aliphatic carbocycles. The summed E-state index contributed by atoms with van der Waals surface area (Å²) in [5, 5.41) is 25.7. The van der Waals surface area contributed by atoms with Gasteiger partial charge in [-0.2, -0.15) is 5.26 Å². The highest BCUT2D eigenvalue weighted by atomic mass is 16.6. The number of para-hydroxylation sites is 2. The highest BCUT2D eigenvalue weighted by Crippen LogP contribution is 2.24. The van der Waals surface area contributed by atoms with Crippen molar-refractivity contribution in [1.29, 1.82) is 5.26 Å². The van der Waals surface area contributed by atoms with Gasteiger partial charge in [-0.1, -0.05) is 12.1 Å². The van der Waals surface area contributed by atoms with Gasteiger partial charge in [-0.15, -0.1) is 0 Å². The van der Waals surface area contributed by atoms with Crippen molar-refractivity contribution < 1.29 is 9.72 Å². The topological polar surface area (TPSA) is 115 Å². The van der Waals surface area contributed by atoms with E-state index in [-0.39, 0.29) is 16.9 Å². The number of benzene rings is 2. The average molecular weight is 406 g/mol. The molecule has 0 radical (unpaired) electrons. The van der Waals surface area contributed by atoms with Gasteiger partial charge in [0.15, 0.2) is 0 Å². The number of likely N-dealkylation sites (N-methyl/N-ethyl adjacent to an activating group) is 1. The summed E-state index contributed by atoms with van der Waals surface area (Å²) in [5.41, 5.74) is 1.43. The summed E-state index contributed by atoms with van der Waals surface area (Å²) in [4.78, 5) is 27.4. The quantitative estimate of drug-likeness (QED) is 0.328. The molecule has 9 heteroatoms. The van der Waals surface area contributed by atoms with Crippen molar-refractivity contribution in [2.75, 3.05) is 48.8 Å². The van der Waals surface area contributed by atoms with E-state index in [4.69, 9.17) is 0 Å². The molecular formula is C21H22N6O3. The average Bonchev–Trinajstić information content (AvgIpc) is 2.75. The van der Waals surface area contributed by atoms with Crippen LogP contribution in [0.4, 0.5) is 22.7 Å². The molecule has 0 bridgehead atoms. The van der Waals surface area contributed by atoms with Gasteiger partial charge < -0.3 is 20.4 Å². The van der Waals surface area contributed by atoms with Gasteiger partial charge in [0.05, 0.1) is 4.92 Å². The molecule has 1 aliphatic rings. The fourth-order valence-corrected chi connectivity index (χ4v) is 3.07. The van der Waals surface area contributed by atoms with Crippen molar-refractivity contribution >= 4 is 28.7 Å². The molecule has 1 saturated heterocycles. The van der Waals surface area contributed by atoms with E-state index in [1.807, 2.05) is 30.3 Å². The Kier molecular flexibility index (Phi) is 6.62. The smallest absolute Gasteiger partial charge is 0.292 e. The highest BCUT2D eigenvalue weighted by molar-refractivity contribution is 6.07. The third-order valence-corrected chi connectivity index (χ3v) is 4.83. The number of anilines is 3. The number of nitro groups is 1. The number of nitriles is 1. The third kappa shape index (κ3) is 5.12. The first kappa shape index (κ1) is 20.8. The molecular weight excluding hydrogens is 384 g/mol. The maximum atomic E-state index is 12.4. The highest BCUT2D eigenvalue weighted by Gasteiger charge is 2.17. The maximum absolute atomic E-state index is 12.4. The van der Waals surface area contributed by atoms with Crippen molar-refractivity contribution in [2.24, 2.45) is 0 Å². The first-order valence-corrected chi connectivity index (χ1v) is 9.43. The second-order valence-corrected chi connectivity index (χ2v) is 6.88. The zero-order chi connectivity index (χ0) is 21.5. The van der Waals surface area contributed by atoms with Gasteiger partial charge >= 0.3 is 0 Å². The van der Waals surface area contributed by atoms with Crippen LogP contribution in [-0.4, -0.2) is 49.0 Å². The summed E-state index contributed by atoms with van der Waals surface area (Å²) in [6.07, 6.45) is 1.29. The van der Waals surface area contributed by atoms with Crippen LogP contribution in [0.5, 0.6) is 0 Å². The fourth-order valence-electron chi connectivity index (χ4n) is 3.07. The SMILES string of the molecule is CN1CCN(c2ccc(N/C=C(/C#N)C(=O)Nc3ccccc3[N+](=O)[O-])cc2)CC1. The third-order valence-electron chi connectivity index (χ3n) is 4.83. The van der Waals surface area contributed by atoms with E-state index >= 15 is 0 Å². The predicted molar refractivity (Wildman–Crippen MR) is 115 cm³/mol. The van der Waals surface area contributed by atoms with Crippen molar-refractivity contribution in [3.63, 3.8) is 0 Å². The lowest BCUT2D eigenvalue weighted by atomic mass is 10.2. The summed E-state index contributed by atoms with van der Waals surface area (Å²) in [5.74, 6) is -0.728. The van der Waals surface area contributed by atoms with E-state index < -0.39 is 10.8 Å². The van der Waals surface area contributed by atoms with Crippen molar-refractivity contribution in [2.45, 2.75) is 0 Å². The Labute approximate surface area is 174 Å². The molecule has 1 aliphatic heterocycles. The molecule has 30 heavy (non-hydrogen) atoms.